The molecule has 0 aromatic heterocycles. The van der Waals surface area contributed by atoms with Crippen LogP contribution in [0.15, 0.2) is 30.3 Å². The van der Waals surface area contributed by atoms with E-state index in [1.54, 1.807) is 25.3 Å². The van der Waals surface area contributed by atoms with Gasteiger partial charge < -0.3 is 24.1 Å². The number of rotatable bonds is 7. The summed E-state index contributed by atoms with van der Waals surface area (Å²) in [5, 5.41) is 9.83. The molecule has 0 saturated heterocycles. The zero-order chi connectivity index (χ0) is 21.8. The van der Waals surface area contributed by atoms with Gasteiger partial charge >= 0.3 is 0 Å². The minimum Gasteiger partial charge on any atom is -0.505 e. The molecular formula is C23H27FO6. The number of hydrogen-bond donors (Lipinski definition) is 1. The van der Waals surface area contributed by atoms with Crippen molar-refractivity contribution in [2.24, 2.45) is 5.92 Å². The molecule has 0 amide bonds. The molecule has 7 heteroatoms. The fourth-order valence-corrected chi connectivity index (χ4v) is 4.23. The van der Waals surface area contributed by atoms with Crippen molar-refractivity contribution < 1.29 is 33.2 Å². The summed E-state index contributed by atoms with van der Waals surface area (Å²) < 4.78 is 35.2. The standard InChI is InChI=1S/C23H27FO6/c1-27-15-6-7-16(13-5-8-18(24)19(25)9-13)17(12-15)22(26)14-10-20(28-2)23(30-4)21(11-14)29-3/h5,8-11,15-17,25H,6-7,12H2,1-4H3. The van der Waals surface area contributed by atoms with Gasteiger partial charge in [-0.25, -0.2) is 4.39 Å². The van der Waals surface area contributed by atoms with Crippen molar-refractivity contribution in [1.82, 2.24) is 0 Å². The third kappa shape index (κ3) is 4.21. The van der Waals surface area contributed by atoms with E-state index in [0.29, 0.717) is 35.7 Å². The molecule has 0 aliphatic heterocycles. The van der Waals surface area contributed by atoms with E-state index in [0.717, 1.165) is 12.0 Å². The van der Waals surface area contributed by atoms with Crippen LogP contribution in [0.5, 0.6) is 23.0 Å². The first-order valence-corrected chi connectivity index (χ1v) is 9.78. The van der Waals surface area contributed by atoms with Gasteiger partial charge in [0, 0.05) is 18.6 Å². The lowest BCUT2D eigenvalue weighted by atomic mass is 9.71. The number of carbonyl (C=O) groups excluding carboxylic acids is 1. The first kappa shape index (κ1) is 21.9. The van der Waals surface area contributed by atoms with Crippen LogP contribution in [0.2, 0.25) is 0 Å². The number of methoxy groups -OCH3 is 4. The number of aromatic hydroxyl groups is 1. The van der Waals surface area contributed by atoms with Gasteiger partial charge in [-0.2, -0.15) is 0 Å². The van der Waals surface area contributed by atoms with E-state index < -0.39 is 17.5 Å². The summed E-state index contributed by atoms with van der Waals surface area (Å²) in [5.41, 5.74) is 1.16. The number of benzene rings is 2. The summed E-state index contributed by atoms with van der Waals surface area (Å²) in [6, 6.07) is 7.54. The van der Waals surface area contributed by atoms with Crippen molar-refractivity contribution in [3.63, 3.8) is 0 Å². The number of halogens is 1. The Morgan fingerprint density at radius 1 is 1.00 bits per heavy atom. The van der Waals surface area contributed by atoms with Crippen molar-refractivity contribution in [3.8, 4) is 23.0 Å². The molecule has 3 atom stereocenters. The Kier molecular flexibility index (Phi) is 6.82. The van der Waals surface area contributed by atoms with E-state index in [2.05, 4.69) is 0 Å². The average molecular weight is 418 g/mol. The predicted octanol–water partition coefficient (Wildman–Crippen LogP) is 4.34. The molecular weight excluding hydrogens is 391 g/mol. The fourth-order valence-electron chi connectivity index (χ4n) is 4.23. The molecule has 0 spiro atoms. The molecule has 1 fully saturated rings. The largest absolute Gasteiger partial charge is 0.505 e. The minimum absolute atomic E-state index is 0.0497. The van der Waals surface area contributed by atoms with E-state index in [1.807, 2.05) is 0 Å². The van der Waals surface area contributed by atoms with E-state index in [1.165, 1.54) is 33.5 Å². The van der Waals surface area contributed by atoms with Gasteiger partial charge in [-0.3, -0.25) is 4.79 Å². The highest BCUT2D eigenvalue weighted by Gasteiger charge is 2.37. The highest BCUT2D eigenvalue weighted by molar-refractivity contribution is 5.99. The predicted molar refractivity (Wildman–Crippen MR) is 109 cm³/mol. The van der Waals surface area contributed by atoms with E-state index in [4.69, 9.17) is 18.9 Å². The Hall–Kier alpha value is -2.80. The fraction of sp³-hybridized carbons (Fsp3) is 0.435. The second-order valence-electron chi connectivity index (χ2n) is 7.37. The average Bonchev–Trinajstić information content (AvgIpc) is 2.78. The maximum atomic E-state index is 13.6. The molecule has 162 valence electrons. The number of ketones is 1. The van der Waals surface area contributed by atoms with Crippen molar-refractivity contribution >= 4 is 5.78 Å². The van der Waals surface area contributed by atoms with Crippen LogP contribution in [-0.4, -0.2) is 45.4 Å². The molecule has 2 aromatic rings. The van der Waals surface area contributed by atoms with Gasteiger partial charge in [0.2, 0.25) is 5.75 Å². The topological polar surface area (TPSA) is 74.2 Å². The third-order valence-corrected chi connectivity index (χ3v) is 5.82. The quantitative estimate of drug-likeness (QED) is 0.675. The van der Waals surface area contributed by atoms with Gasteiger partial charge in [0.25, 0.3) is 0 Å². The van der Waals surface area contributed by atoms with Crippen LogP contribution in [-0.2, 0) is 4.74 Å². The van der Waals surface area contributed by atoms with E-state index in [9.17, 15) is 14.3 Å². The van der Waals surface area contributed by atoms with Gasteiger partial charge in [0.05, 0.1) is 27.4 Å². The summed E-state index contributed by atoms with van der Waals surface area (Å²) in [4.78, 5) is 13.6. The SMILES string of the molecule is COc1cc(C(=O)C2CC(OC)CCC2c2ccc(F)c(O)c2)cc(OC)c1OC. The number of Topliss-reactive ketones (excluding diaryl/α,β-unsaturated/α-hetero) is 1. The molecule has 0 radical (unpaired) electrons. The summed E-state index contributed by atoms with van der Waals surface area (Å²) in [5.74, 6) is -0.562. The second-order valence-corrected chi connectivity index (χ2v) is 7.37. The molecule has 1 N–H and O–H groups in total. The smallest absolute Gasteiger partial charge is 0.203 e. The van der Waals surface area contributed by atoms with Gasteiger partial charge in [-0.05, 0) is 55.0 Å². The lowest BCUT2D eigenvalue weighted by Gasteiger charge is -2.35. The molecule has 1 aliphatic rings. The summed E-state index contributed by atoms with van der Waals surface area (Å²) >= 11 is 0. The highest BCUT2D eigenvalue weighted by Crippen LogP contribution is 2.44. The number of carbonyl (C=O) groups is 1. The van der Waals surface area contributed by atoms with Crippen LogP contribution in [0, 0.1) is 11.7 Å². The summed E-state index contributed by atoms with van der Waals surface area (Å²) in [7, 11) is 6.13. The Morgan fingerprint density at radius 2 is 1.67 bits per heavy atom. The lowest BCUT2D eigenvalue weighted by molar-refractivity contribution is 0.0389. The first-order chi connectivity index (χ1) is 14.4. The van der Waals surface area contributed by atoms with Gasteiger partial charge in [0.15, 0.2) is 28.8 Å². The van der Waals surface area contributed by atoms with Crippen molar-refractivity contribution in [2.45, 2.75) is 31.3 Å². The maximum Gasteiger partial charge on any atom is 0.203 e. The highest BCUT2D eigenvalue weighted by atomic mass is 19.1. The molecule has 3 unspecified atom stereocenters. The zero-order valence-electron chi connectivity index (χ0n) is 17.6. The lowest BCUT2D eigenvalue weighted by Crippen LogP contribution is -2.33. The van der Waals surface area contributed by atoms with Crippen molar-refractivity contribution in [2.75, 3.05) is 28.4 Å². The van der Waals surface area contributed by atoms with Crippen LogP contribution in [0.25, 0.3) is 0 Å². The Balaban J connectivity index is 2.02. The van der Waals surface area contributed by atoms with Crippen LogP contribution < -0.4 is 14.2 Å². The Labute approximate surface area is 175 Å². The normalized spacial score (nSPS) is 21.2. The van der Waals surface area contributed by atoms with E-state index >= 15 is 0 Å². The van der Waals surface area contributed by atoms with Crippen LogP contribution in [0.4, 0.5) is 4.39 Å². The number of phenols is 1. The minimum atomic E-state index is -0.683. The number of ether oxygens (including phenoxy) is 4. The number of hydrogen-bond acceptors (Lipinski definition) is 6. The molecule has 1 saturated carbocycles. The van der Waals surface area contributed by atoms with Crippen molar-refractivity contribution in [1.29, 1.82) is 0 Å². The molecule has 1 aliphatic carbocycles. The van der Waals surface area contributed by atoms with Gasteiger partial charge in [0.1, 0.15) is 0 Å². The molecule has 3 rings (SSSR count). The monoisotopic (exact) mass is 418 g/mol. The first-order valence-electron chi connectivity index (χ1n) is 9.78. The number of phenolic OH excluding ortho intramolecular Hbond substituents is 1. The molecule has 0 heterocycles. The summed E-state index contributed by atoms with van der Waals surface area (Å²) in [6.45, 7) is 0. The second kappa shape index (κ2) is 9.34. The van der Waals surface area contributed by atoms with Crippen LogP contribution in [0.1, 0.15) is 41.1 Å². The van der Waals surface area contributed by atoms with Crippen molar-refractivity contribution in [3.05, 3.63) is 47.3 Å². The Bertz CT molecular complexity index is 888. The van der Waals surface area contributed by atoms with Gasteiger partial charge in [-0.15, -0.1) is 0 Å². The maximum absolute atomic E-state index is 13.6. The van der Waals surface area contributed by atoms with Crippen LogP contribution in [0.3, 0.4) is 0 Å². The molecule has 0 bridgehead atoms. The summed E-state index contributed by atoms with van der Waals surface area (Å²) in [6.07, 6.45) is 1.93. The zero-order valence-corrected chi connectivity index (χ0v) is 17.6. The molecule has 6 nitrogen and oxygen atoms in total. The van der Waals surface area contributed by atoms with E-state index in [-0.39, 0.29) is 17.8 Å². The third-order valence-electron chi connectivity index (χ3n) is 5.82. The Morgan fingerprint density at radius 3 is 2.20 bits per heavy atom. The molecule has 30 heavy (non-hydrogen) atoms. The van der Waals surface area contributed by atoms with Crippen LogP contribution >= 0.6 is 0 Å². The molecule has 2 aromatic carbocycles. The van der Waals surface area contributed by atoms with Gasteiger partial charge in [-0.1, -0.05) is 6.07 Å².